The lowest BCUT2D eigenvalue weighted by molar-refractivity contribution is 0.0636. The zero-order valence-electron chi connectivity index (χ0n) is 20.2. The summed E-state index contributed by atoms with van der Waals surface area (Å²) in [5, 5.41) is 14.0. The van der Waals surface area contributed by atoms with E-state index in [0.29, 0.717) is 43.2 Å². The van der Waals surface area contributed by atoms with E-state index in [0.717, 1.165) is 5.56 Å². The first-order chi connectivity index (χ1) is 16.6. The van der Waals surface area contributed by atoms with Crippen LogP contribution < -0.4 is 11.1 Å². The number of anilines is 1. The molecule has 6 N–H and O–H groups in total. The van der Waals surface area contributed by atoms with Crippen LogP contribution >= 0.6 is 10.8 Å². The highest BCUT2D eigenvalue weighted by Crippen LogP contribution is 2.52. The molecule has 0 aromatic heterocycles. The lowest BCUT2D eigenvalue weighted by Crippen LogP contribution is -2.51. The number of rotatable bonds is 11. The van der Waals surface area contributed by atoms with Crippen LogP contribution in [0.1, 0.15) is 25.8 Å². The van der Waals surface area contributed by atoms with Crippen LogP contribution in [0.25, 0.3) is 0 Å². The number of carbonyl (C=O) groups is 1. The van der Waals surface area contributed by atoms with E-state index in [2.05, 4.69) is 5.32 Å². The summed E-state index contributed by atoms with van der Waals surface area (Å²) >= 11 is 0. The Morgan fingerprint density at radius 3 is 2.46 bits per heavy atom. The minimum Gasteiger partial charge on any atom is -0.444 e. The van der Waals surface area contributed by atoms with Crippen LogP contribution in [0.5, 0.6) is 0 Å². The first-order valence-electron chi connectivity index (χ1n) is 11.8. The van der Waals surface area contributed by atoms with Crippen molar-refractivity contribution in [2.75, 3.05) is 32.0 Å². The number of amides is 1. The first kappa shape index (κ1) is 27.3. The van der Waals surface area contributed by atoms with Crippen molar-refractivity contribution in [3.63, 3.8) is 0 Å². The summed E-state index contributed by atoms with van der Waals surface area (Å²) in [6.45, 7) is 5.06. The minimum atomic E-state index is -3.40. The highest BCUT2D eigenvalue weighted by atomic mass is 32.3. The molecule has 1 aliphatic heterocycles. The monoisotopic (exact) mass is 507 g/mol. The van der Waals surface area contributed by atoms with E-state index in [1.807, 2.05) is 44.2 Å². The van der Waals surface area contributed by atoms with Gasteiger partial charge in [-0.25, -0.2) is 4.79 Å². The van der Waals surface area contributed by atoms with E-state index in [1.165, 1.54) is 4.31 Å². The van der Waals surface area contributed by atoms with Crippen LogP contribution in [0.2, 0.25) is 0 Å². The van der Waals surface area contributed by atoms with Crippen molar-refractivity contribution in [2.45, 2.75) is 49.8 Å². The fraction of sp³-hybridized carbons (Fsp3) is 0.480. The number of nitrogens with zero attached hydrogens (tertiary/aromatic N) is 1. The Morgan fingerprint density at radius 2 is 1.86 bits per heavy atom. The number of hydrogen-bond acceptors (Lipinski definition) is 8. The fourth-order valence-electron chi connectivity index (χ4n) is 3.92. The maximum absolute atomic E-state index is 12.6. The Bertz CT molecular complexity index is 923. The summed E-state index contributed by atoms with van der Waals surface area (Å²) in [6, 6.07) is 15.1. The number of nitrogens with one attached hydrogen (secondary N) is 1. The van der Waals surface area contributed by atoms with Crippen molar-refractivity contribution in [3.05, 3.63) is 60.2 Å². The van der Waals surface area contributed by atoms with Crippen molar-refractivity contribution >= 4 is 22.6 Å². The van der Waals surface area contributed by atoms with Crippen molar-refractivity contribution in [3.8, 4) is 0 Å². The number of nitrogens with two attached hydrogens (primary N) is 1. The van der Waals surface area contributed by atoms with Crippen molar-refractivity contribution in [1.82, 2.24) is 9.62 Å². The van der Waals surface area contributed by atoms with E-state index in [9.17, 15) is 19.0 Å². The maximum atomic E-state index is 12.6. The van der Waals surface area contributed by atoms with Crippen LogP contribution in [-0.4, -0.2) is 69.2 Å². The van der Waals surface area contributed by atoms with Crippen molar-refractivity contribution < 1.29 is 28.5 Å². The minimum absolute atomic E-state index is 0.0742. The van der Waals surface area contributed by atoms with Gasteiger partial charge >= 0.3 is 6.09 Å². The molecular weight excluding hydrogens is 470 g/mol. The van der Waals surface area contributed by atoms with Gasteiger partial charge in [-0.1, -0.05) is 44.2 Å². The second-order valence-corrected chi connectivity index (χ2v) is 11.3. The summed E-state index contributed by atoms with van der Waals surface area (Å²) in [4.78, 5) is 12.9. The average Bonchev–Trinajstić information content (AvgIpc) is 3.31. The van der Waals surface area contributed by atoms with Gasteiger partial charge in [0.05, 0.1) is 30.3 Å². The van der Waals surface area contributed by atoms with E-state index in [4.69, 9.17) is 15.2 Å². The topological polar surface area (TPSA) is 138 Å². The van der Waals surface area contributed by atoms with Gasteiger partial charge in [-0.3, -0.25) is 9.11 Å². The number of nitrogen functional groups attached to an aromatic ring is 1. The van der Waals surface area contributed by atoms with Gasteiger partial charge in [0.15, 0.2) is 0 Å². The summed E-state index contributed by atoms with van der Waals surface area (Å²) in [5.41, 5.74) is 7.19. The average molecular weight is 508 g/mol. The Morgan fingerprint density at radius 1 is 1.17 bits per heavy atom. The predicted octanol–water partition coefficient (Wildman–Crippen LogP) is 3.74. The quantitative estimate of drug-likeness (QED) is 0.290. The molecule has 2 aromatic carbocycles. The molecule has 0 unspecified atom stereocenters. The molecule has 0 bridgehead atoms. The number of aliphatic hydroxyl groups is 1. The van der Waals surface area contributed by atoms with E-state index in [1.54, 1.807) is 24.3 Å². The van der Waals surface area contributed by atoms with E-state index in [-0.39, 0.29) is 18.6 Å². The van der Waals surface area contributed by atoms with Gasteiger partial charge < -0.3 is 25.6 Å². The lowest BCUT2D eigenvalue weighted by Gasteiger charge is -2.45. The van der Waals surface area contributed by atoms with Crippen LogP contribution in [0.3, 0.4) is 0 Å². The number of ether oxygens (including phenoxy) is 2. The Labute approximate surface area is 208 Å². The molecule has 1 fully saturated rings. The second-order valence-electron chi connectivity index (χ2n) is 9.23. The standard InChI is InChI=1S/C25H37N3O6S/c1-18(2)15-28(35(31,32)22-10-8-20(26)9-11-22)16-24(29)23(14-19-6-4-3-5-7-19)27-25(30)34-21-12-13-33-17-21/h3-11,18,21,23-24,29,31-32H,12-17,26H2,1-2H3,(H,27,30)/t21-,23-,24+/m0/s1. The Hall–Kier alpha value is -2.34. The summed E-state index contributed by atoms with van der Waals surface area (Å²) in [7, 11) is -3.40. The Balaban J connectivity index is 1.78. The van der Waals surface area contributed by atoms with E-state index >= 15 is 0 Å². The molecule has 2 aromatic rings. The highest BCUT2D eigenvalue weighted by Gasteiger charge is 2.32. The third-order valence-electron chi connectivity index (χ3n) is 5.74. The molecule has 194 valence electrons. The zero-order valence-corrected chi connectivity index (χ0v) is 21.1. The molecule has 0 radical (unpaired) electrons. The number of alkyl carbamates (subject to hydrolysis) is 1. The van der Waals surface area contributed by atoms with Gasteiger partial charge in [-0.2, -0.15) is 4.31 Å². The summed E-state index contributed by atoms with van der Waals surface area (Å²) < 4.78 is 34.5. The Kier molecular flexibility index (Phi) is 9.79. The molecule has 9 nitrogen and oxygen atoms in total. The smallest absolute Gasteiger partial charge is 0.407 e. The highest BCUT2D eigenvalue weighted by molar-refractivity contribution is 8.22. The fourth-order valence-corrected chi connectivity index (χ4v) is 5.58. The van der Waals surface area contributed by atoms with Gasteiger partial charge in [0, 0.05) is 25.2 Å². The molecule has 35 heavy (non-hydrogen) atoms. The third kappa shape index (κ3) is 8.09. The van der Waals surface area contributed by atoms with Gasteiger partial charge in [0.2, 0.25) is 0 Å². The SMILES string of the molecule is CC(C)CN(C[C@@H](O)[C@H](Cc1ccccc1)NC(=O)O[C@H]1CCOC1)S(O)(O)c1ccc(N)cc1. The lowest BCUT2D eigenvalue weighted by atomic mass is 10.0. The molecule has 3 atom stereocenters. The van der Waals surface area contributed by atoms with Gasteiger partial charge in [0.1, 0.15) is 6.10 Å². The van der Waals surface area contributed by atoms with Crippen molar-refractivity contribution in [2.24, 2.45) is 5.92 Å². The molecule has 10 heteroatoms. The maximum Gasteiger partial charge on any atom is 0.407 e. The predicted molar refractivity (Wildman–Crippen MR) is 137 cm³/mol. The molecule has 0 spiro atoms. The molecule has 1 aliphatic rings. The number of aliphatic hydroxyl groups excluding tert-OH is 1. The van der Waals surface area contributed by atoms with Crippen LogP contribution in [0, 0.1) is 5.92 Å². The number of benzene rings is 2. The molecule has 3 rings (SSSR count). The number of hydrogen-bond donors (Lipinski definition) is 5. The van der Waals surface area contributed by atoms with Crippen molar-refractivity contribution in [1.29, 1.82) is 0 Å². The normalized spacial score (nSPS) is 18.4. The largest absolute Gasteiger partial charge is 0.444 e. The van der Waals surface area contributed by atoms with Gasteiger partial charge in [0.25, 0.3) is 0 Å². The molecule has 1 saturated heterocycles. The summed E-state index contributed by atoms with van der Waals surface area (Å²) in [5.74, 6) is 0.0926. The zero-order chi connectivity index (χ0) is 25.4. The van der Waals surface area contributed by atoms with E-state index < -0.39 is 29.0 Å². The third-order valence-corrected chi connectivity index (χ3v) is 7.67. The van der Waals surface area contributed by atoms with Crippen LogP contribution in [-0.2, 0) is 15.9 Å². The van der Waals surface area contributed by atoms with Crippen LogP contribution in [0.4, 0.5) is 10.5 Å². The first-order valence-corrected chi connectivity index (χ1v) is 13.3. The molecule has 1 heterocycles. The van der Waals surface area contributed by atoms with Crippen LogP contribution in [0.15, 0.2) is 59.5 Å². The van der Waals surface area contributed by atoms with Gasteiger partial charge in [-0.15, -0.1) is 10.8 Å². The molecule has 1 amide bonds. The summed E-state index contributed by atoms with van der Waals surface area (Å²) in [6.07, 6.45) is -1.10. The molecular formula is C25H37N3O6S. The molecule has 0 saturated carbocycles. The second kappa shape index (κ2) is 12.6. The molecule has 0 aliphatic carbocycles. The number of carbonyl (C=O) groups excluding carboxylic acids is 1. The van der Waals surface area contributed by atoms with Gasteiger partial charge in [-0.05, 0) is 42.2 Å².